The fraction of sp³-hybridized carbons (Fsp3) is 0.967. The number of nitrogens with zero attached hydrogens (tertiary/aromatic N) is 1. The molecule has 0 spiro atoms. The fourth-order valence-electron chi connectivity index (χ4n) is 4.81. The van der Waals surface area contributed by atoms with E-state index >= 15 is 0 Å². The van der Waals surface area contributed by atoms with Crippen LogP contribution < -0.4 is 5.73 Å². The van der Waals surface area contributed by atoms with Crippen LogP contribution in [-0.2, 0) is 4.79 Å². The van der Waals surface area contributed by atoms with E-state index in [0.717, 1.165) is 13.1 Å². The molecule has 0 saturated carbocycles. The smallest absolute Gasteiger partial charge is 0.277 e. The number of quaternary nitrogens is 1. The van der Waals surface area contributed by atoms with E-state index < -0.39 is 0 Å². The molecule has 3 N–H and O–H groups in total. The fourth-order valence-corrected chi connectivity index (χ4v) is 4.81. The molecule has 3 nitrogen and oxygen atoms in total. The first-order chi connectivity index (χ1) is 16.3. The highest BCUT2D eigenvalue weighted by Gasteiger charge is 2.12. The number of carbonyl (C=O) groups excluding carboxylic acids is 1. The van der Waals surface area contributed by atoms with Crippen LogP contribution in [0.5, 0.6) is 0 Å². The minimum absolute atomic E-state index is 0.251. The van der Waals surface area contributed by atoms with E-state index in [4.69, 9.17) is 0 Å². The predicted octanol–water partition coefficient (Wildman–Crippen LogP) is 8.46. The maximum atomic E-state index is 12.2. The first-order valence-corrected chi connectivity index (χ1v) is 15.3. The summed E-state index contributed by atoms with van der Waals surface area (Å²) in [6.07, 6.45) is 32.9. The van der Waals surface area contributed by atoms with E-state index in [9.17, 15) is 4.79 Å². The molecular weight excluding hydrogens is 404 g/mol. The lowest BCUT2D eigenvalue weighted by molar-refractivity contribution is -0.357. The van der Waals surface area contributed by atoms with Gasteiger partial charge in [-0.1, -0.05) is 155 Å². The van der Waals surface area contributed by atoms with Crippen LogP contribution in [0.15, 0.2) is 0 Å². The van der Waals surface area contributed by atoms with Gasteiger partial charge < -0.3 is 10.6 Å². The van der Waals surface area contributed by atoms with Crippen molar-refractivity contribution in [3.63, 3.8) is 0 Å². The van der Waals surface area contributed by atoms with Crippen molar-refractivity contribution in [2.45, 2.75) is 168 Å². The Morgan fingerprint density at radius 3 is 0.939 bits per heavy atom. The van der Waals surface area contributed by atoms with Gasteiger partial charge in [-0.3, -0.25) is 4.79 Å². The lowest BCUT2D eigenvalue weighted by atomic mass is 10.0. The quantitative estimate of drug-likeness (QED) is 0.121. The van der Waals surface area contributed by atoms with Crippen molar-refractivity contribution in [2.24, 2.45) is 0 Å². The summed E-state index contributed by atoms with van der Waals surface area (Å²) in [5.41, 5.74) is 3.83. The minimum Gasteiger partial charge on any atom is -0.350 e. The van der Waals surface area contributed by atoms with E-state index in [1.54, 1.807) is 0 Å². The first kappa shape index (κ1) is 32.4. The average Bonchev–Trinajstić information content (AvgIpc) is 2.83. The van der Waals surface area contributed by atoms with Gasteiger partial charge in [0.15, 0.2) is 6.54 Å². The minimum atomic E-state index is 0.251. The number of unbranched alkanes of at least 4 members (excludes halogenated alkanes) is 22. The Morgan fingerprint density at radius 1 is 0.455 bits per heavy atom. The summed E-state index contributed by atoms with van der Waals surface area (Å²) in [5, 5.41) is 0. The number of rotatable bonds is 27. The van der Waals surface area contributed by atoms with E-state index in [1.165, 1.54) is 154 Å². The number of carbonyl (C=O) groups is 1. The summed E-state index contributed by atoms with van der Waals surface area (Å²) in [4.78, 5) is 14.3. The molecule has 0 aliphatic carbocycles. The van der Waals surface area contributed by atoms with Gasteiger partial charge in [0.25, 0.3) is 5.91 Å². The summed E-state index contributed by atoms with van der Waals surface area (Å²) >= 11 is 0. The van der Waals surface area contributed by atoms with Crippen molar-refractivity contribution in [1.82, 2.24) is 4.90 Å². The third-order valence-corrected chi connectivity index (χ3v) is 7.13. The van der Waals surface area contributed by atoms with Crippen LogP contribution in [0.1, 0.15) is 168 Å². The van der Waals surface area contributed by atoms with Gasteiger partial charge in [0.2, 0.25) is 0 Å². The lowest BCUT2D eigenvalue weighted by Gasteiger charge is -2.21. The lowest BCUT2D eigenvalue weighted by Crippen LogP contribution is -2.58. The van der Waals surface area contributed by atoms with Gasteiger partial charge >= 0.3 is 0 Å². The zero-order valence-corrected chi connectivity index (χ0v) is 23.2. The highest BCUT2D eigenvalue weighted by atomic mass is 16.2. The molecule has 33 heavy (non-hydrogen) atoms. The van der Waals surface area contributed by atoms with Crippen molar-refractivity contribution in [2.75, 3.05) is 19.6 Å². The molecule has 3 heteroatoms. The predicted molar refractivity (Wildman–Crippen MR) is 146 cm³/mol. The summed E-state index contributed by atoms with van der Waals surface area (Å²) in [5.74, 6) is 0.251. The SMILES string of the molecule is CCCCCCCCCCCCCCN(CCCCCCCCCCCCCC)C(=O)C[NH3+]. The molecule has 0 radical (unpaired) electrons. The summed E-state index contributed by atoms with van der Waals surface area (Å²) in [6.45, 7) is 6.88. The molecule has 0 bridgehead atoms. The van der Waals surface area contributed by atoms with Gasteiger partial charge in [0.05, 0.1) is 0 Å². The molecule has 0 saturated heterocycles. The zero-order chi connectivity index (χ0) is 24.2. The number of amides is 1. The molecule has 0 rings (SSSR count). The normalized spacial score (nSPS) is 11.2. The average molecular weight is 468 g/mol. The van der Waals surface area contributed by atoms with Gasteiger partial charge in [-0.15, -0.1) is 0 Å². The van der Waals surface area contributed by atoms with Crippen molar-refractivity contribution in [1.29, 1.82) is 0 Å². The maximum absolute atomic E-state index is 12.2. The topological polar surface area (TPSA) is 48.0 Å². The Bertz CT molecular complexity index is 357. The standard InChI is InChI=1S/C30H62N2O/c1-3-5-7-9-11-13-15-17-19-21-23-25-27-32(30(33)29-31)28-26-24-22-20-18-16-14-12-10-8-6-4-2/h3-29,31H2,1-2H3/p+1. The highest BCUT2D eigenvalue weighted by molar-refractivity contribution is 5.76. The van der Waals surface area contributed by atoms with Crippen LogP contribution in [0.2, 0.25) is 0 Å². The second kappa shape index (κ2) is 27.7. The molecule has 0 atom stereocenters. The van der Waals surface area contributed by atoms with E-state index in [1.807, 2.05) is 0 Å². The third kappa shape index (κ3) is 24.4. The van der Waals surface area contributed by atoms with Gasteiger partial charge in [0, 0.05) is 13.1 Å². The maximum Gasteiger partial charge on any atom is 0.277 e. The molecule has 0 fully saturated rings. The van der Waals surface area contributed by atoms with Crippen molar-refractivity contribution in [3.05, 3.63) is 0 Å². The first-order valence-electron chi connectivity index (χ1n) is 15.3. The van der Waals surface area contributed by atoms with E-state index in [2.05, 4.69) is 24.5 Å². The summed E-state index contributed by atoms with van der Waals surface area (Å²) in [7, 11) is 0. The second-order valence-corrected chi connectivity index (χ2v) is 10.4. The van der Waals surface area contributed by atoms with Crippen LogP contribution >= 0.6 is 0 Å². The molecule has 0 aromatic carbocycles. The second-order valence-electron chi connectivity index (χ2n) is 10.4. The molecular formula is C30H63N2O+. The summed E-state index contributed by atoms with van der Waals surface area (Å²) < 4.78 is 0. The van der Waals surface area contributed by atoms with Crippen molar-refractivity contribution >= 4 is 5.91 Å². The monoisotopic (exact) mass is 467 g/mol. The van der Waals surface area contributed by atoms with Crippen LogP contribution in [0.3, 0.4) is 0 Å². The van der Waals surface area contributed by atoms with Gasteiger partial charge in [-0.05, 0) is 12.8 Å². The molecule has 0 heterocycles. The Kier molecular flexibility index (Phi) is 27.2. The molecule has 0 aliphatic heterocycles. The Morgan fingerprint density at radius 2 is 0.697 bits per heavy atom. The molecule has 198 valence electrons. The van der Waals surface area contributed by atoms with Gasteiger partial charge in [-0.2, -0.15) is 0 Å². The van der Waals surface area contributed by atoms with E-state index in [-0.39, 0.29) is 5.91 Å². The summed E-state index contributed by atoms with van der Waals surface area (Å²) in [6, 6.07) is 0. The van der Waals surface area contributed by atoms with Crippen LogP contribution in [0.25, 0.3) is 0 Å². The molecule has 1 amide bonds. The molecule has 0 aromatic heterocycles. The number of hydrogen-bond donors (Lipinski definition) is 1. The molecule has 0 unspecified atom stereocenters. The Balaban J connectivity index is 3.54. The largest absolute Gasteiger partial charge is 0.350 e. The van der Waals surface area contributed by atoms with Crippen molar-refractivity contribution < 1.29 is 10.5 Å². The van der Waals surface area contributed by atoms with Crippen LogP contribution in [0, 0.1) is 0 Å². The van der Waals surface area contributed by atoms with Crippen LogP contribution in [0.4, 0.5) is 0 Å². The van der Waals surface area contributed by atoms with Gasteiger partial charge in [0.1, 0.15) is 0 Å². The molecule has 0 aliphatic rings. The number of hydrogen-bond acceptors (Lipinski definition) is 1. The Labute approximate surface area is 209 Å². The zero-order valence-electron chi connectivity index (χ0n) is 23.2. The van der Waals surface area contributed by atoms with E-state index in [0.29, 0.717) is 6.54 Å². The van der Waals surface area contributed by atoms with Crippen LogP contribution in [-0.4, -0.2) is 30.4 Å². The van der Waals surface area contributed by atoms with Crippen molar-refractivity contribution in [3.8, 4) is 0 Å². The molecule has 0 aromatic rings. The Hall–Kier alpha value is -0.570. The van der Waals surface area contributed by atoms with Gasteiger partial charge in [-0.25, -0.2) is 0 Å². The third-order valence-electron chi connectivity index (χ3n) is 7.13. The highest BCUT2D eigenvalue weighted by Crippen LogP contribution is 2.14.